The molecule has 0 aromatic carbocycles. The van der Waals surface area contributed by atoms with Crippen molar-refractivity contribution < 1.29 is 4.79 Å². The average molecular weight is 141 g/mol. The molecular formula is C8H15NO. The molecule has 2 atom stereocenters. The van der Waals surface area contributed by atoms with Crippen LogP contribution in [0.4, 0.5) is 0 Å². The Labute approximate surface area is 62.2 Å². The van der Waals surface area contributed by atoms with Crippen molar-refractivity contribution in [2.45, 2.75) is 45.7 Å². The van der Waals surface area contributed by atoms with E-state index in [1.54, 1.807) is 0 Å². The van der Waals surface area contributed by atoms with Gasteiger partial charge in [-0.3, -0.25) is 4.79 Å². The molecule has 0 N–H and O–H groups in total. The average Bonchev–Trinajstić information content (AvgIpc) is 1.87. The van der Waals surface area contributed by atoms with E-state index in [1.807, 2.05) is 11.8 Å². The van der Waals surface area contributed by atoms with Crippen molar-refractivity contribution in [3.8, 4) is 0 Å². The van der Waals surface area contributed by atoms with Crippen LogP contribution in [-0.4, -0.2) is 22.9 Å². The predicted molar refractivity (Wildman–Crippen MR) is 40.7 cm³/mol. The number of rotatable bonds is 1. The lowest BCUT2D eigenvalue weighted by Crippen LogP contribution is -2.55. The van der Waals surface area contributed by atoms with Gasteiger partial charge in [0.1, 0.15) is 0 Å². The fourth-order valence-corrected chi connectivity index (χ4v) is 1.69. The molecule has 1 aliphatic heterocycles. The van der Waals surface area contributed by atoms with Crippen LogP contribution < -0.4 is 0 Å². The van der Waals surface area contributed by atoms with Crippen LogP contribution >= 0.6 is 0 Å². The van der Waals surface area contributed by atoms with E-state index in [4.69, 9.17) is 0 Å². The summed E-state index contributed by atoms with van der Waals surface area (Å²) < 4.78 is 0. The Morgan fingerprint density at radius 1 is 1.50 bits per heavy atom. The van der Waals surface area contributed by atoms with Gasteiger partial charge in [0, 0.05) is 18.5 Å². The van der Waals surface area contributed by atoms with E-state index in [1.165, 1.54) is 6.42 Å². The Hall–Kier alpha value is -0.530. The minimum Gasteiger partial charge on any atom is -0.337 e. The van der Waals surface area contributed by atoms with Crippen LogP contribution in [0.2, 0.25) is 0 Å². The number of hydrogen-bond acceptors (Lipinski definition) is 1. The molecule has 0 bridgehead atoms. The Bertz CT molecular complexity index is 136. The van der Waals surface area contributed by atoms with Crippen LogP contribution in [0.1, 0.15) is 33.6 Å². The maximum Gasteiger partial charge on any atom is 0.222 e. The maximum atomic E-state index is 11.1. The van der Waals surface area contributed by atoms with Gasteiger partial charge in [-0.15, -0.1) is 0 Å². The highest BCUT2D eigenvalue weighted by Crippen LogP contribution is 2.25. The highest BCUT2D eigenvalue weighted by atomic mass is 16.2. The van der Waals surface area contributed by atoms with Gasteiger partial charge in [-0.1, -0.05) is 6.92 Å². The fourth-order valence-electron chi connectivity index (χ4n) is 1.69. The zero-order chi connectivity index (χ0) is 7.72. The summed E-state index contributed by atoms with van der Waals surface area (Å²) in [4.78, 5) is 13.1. The monoisotopic (exact) mass is 141 g/mol. The van der Waals surface area contributed by atoms with E-state index < -0.39 is 0 Å². The van der Waals surface area contributed by atoms with Crippen LogP contribution in [0.3, 0.4) is 0 Å². The van der Waals surface area contributed by atoms with E-state index >= 15 is 0 Å². The lowest BCUT2D eigenvalue weighted by molar-refractivity contribution is -0.142. The summed E-state index contributed by atoms with van der Waals surface area (Å²) in [7, 11) is 0. The summed E-state index contributed by atoms with van der Waals surface area (Å²) >= 11 is 0. The summed E-state index contributed by atoms with van der Waals surface area (Å²) in [6.45, 7) is 6.13. The lowest BCUT2D eigenvalue weighted by Gasteiger charge is -2.45. The third-order valence-electron chi connectivity index (χ3n) is 2.22. The molecule has 1 saturated heterocycles. The molecule has 0 aromatic rings. The van der Waals surface area contributed by atoms with Crippen LogP contribution in [-0.2, 0) is 4.79 Å². The van der Waals surface area contributed by atoms with Gasteiger partial charge >= 0.3 is 0 Å². The van der Waals surface area contributed by atoms with E-state index in [2.05, 4.69) is 13.8 Å². The number of carbonyl (C=O) groups excluding carboxylic acids is 1. The van der Waals surface area contributed by atoms with Gasteiger partial charge in [-0.05, 0) is 20.3 Å². The smallest absolute Gasteiger partial charge is 0.222 e. The third-order valence-corrected chi connectivity index (χ3v) is 2.22. The normalized spacial score (nSPS) is 31.7. The molecule has 1 amide bonds. The Morgan fingerprint density at radius 3 is 2.20 bits per heavy atom. The van der Waals surface area contributed by atoms with Crippen LogP contribution in [0.15, 0.2) is 0 Å². The van der Waals surface area contributed by atoms with Gasteiger partial charge < -0.3 is 4.90 Å². The van der Waals surface area contributed by atoms with Crippen LogP contribution in [0.5, 0.6) is 0 Å². The Balaban J connectivity index is 2.47. The lowest BCUT2D eigenvalue weighted by atomic mass is 9.95. The molecule has 2 heteroatoms. The number of amides is 1. The predicted octanol–water partition coefficient (Wildman–Crippen LogP) is 1.41. The molecule has 10 heavy (non-hydrogen) atoms. The topological polar surface area (TPSA) is 20.3 Å². The SMILES string of the molecule is CCC(=O)N1C(C)CC1C. The van der Waals surface area contributed by atoms with Crippen LogP contribution in [0.25, 0.3) is 0 Å². The minimum atomic E-state index is 0.297. The van der Waals surface area contributed by atoms with E-state index in [9.17, 15) is 4.79 Å². The van der Waals surface area contributed by atoms with Crippen molar-refractivity contribution in [2.75, 3.05) is 0 Å². The largest absolute Gasteiger partial charge is 0.337 e. The molecule has 0 aromatic heterocycles. The van der Waals surface area contributed by atoms with Crippen LogP contribution in [0, 0.1) is 0 Å². The molecule has 0 radical (unpaired) electrons. The first-order valence-electron chi connectivity index (χ1n) is 3.98. The second-order valence-corrected chi connectivity index (χ2v) is 3.09. The Morgan fingerprint density at radius 2 is 2.00 bits per heavy atom. The summed E-state index contributed by atoms with van der Waals surface area (Å²) in [6.07, 6.45) is 1.82. The third kappa shape index (κ3) is 1.02. The summed E-state index contributed by atoms with van der Waals surface area (Å²) in [6, 6.07) is 0.977. The standard InChI is InChI=1S/C8H15NO/c1-4-8(10)9-6(2)5-7(9)3/h6-7H,4-5H2,1-3H3. The first-order valence-corrected chi connectivity index (χ1v) is 3.98. The fraction of sp³-hybridized carbons (Fsp3) is 0.875. The quantitative estimate of drug-likeness (QED) is 0.540. The van der Waals surface area contributed by atoms with Crippen molar-refractivity contribution in [1.29, 1.82) is 0 Å². The van der Waals surface area contributed by atoms with Crippen molar-refractivity contribution in [2.24, 2.45) is 0 Å². The Kier molecular flexibility index (Phi) is 1.97. The van der Waals surface area contributed by atoms with Gasteiger partial charge in [-0.25, -0.2) is 0 Å². The summed E-state index contributed by atoms with van der Waals surface area (Å²) in [5, 5.41) is 0. The molecule has 0 spiro atoms. The van der Waals surface area contributed by atoms with Gasteiger partial charge in [0.2, 0.25) is 5.91 Å². The van der Waals surface area contributed by atoms with Gasteiger partial charge in [0.25, 0.3) is 0 Å². The summed E-state index contributed by atoms with van der Waals surface area (Å²) in [5.41, 5.74) is 0. The van der Waals surface area contributed by atoms with E-state index in [0.29, 0.717) is 24.4 Å². The molecule has 1 heterocycles. The molecule has 0 saturated carbocycles. The molecule has 58 valence electrons. The minimum absolute atomic E-state index is 0.297. The molecule has 0 aliphatic carbocycles. The van der Waals surface area contributed by atoms with Gasteiger partial charge in [0.15, 0.2) is 0 Å². The zero-order valence-electron chi connectivity index (χ0n) is 6.92. The molecule has 1 fully saturated rings. The molecular weight excluding hydrogens is 126 g/mol. The number of nitrogens with zero attached hydrogens (tertiary/aromatic N) is 1. The second-order valence-electron chi connectivity index (χ2n) is 3.09. The second kappa shape index (κ2) is 2.60. The maximum absolute atomic E-state index is 11.1. The number of hydrogen-bond donors (Lipinski definition) is 0. The van der Waals surface area contributed by atoms with Crippen molar-refractivity contribution in [3.63, 3.8) is 0 Å². The van der Waals surface area contributed by atoms with Crippen molar-refractivity contribution >= 4 is 5.91 Å². The number of carbonyl (C=O) groups is 1. The van der Waals surface area contributed by atoms with Gasteiger partial charge in [0.05, 0.1) is 0 Å². The first kappa shape index (κ1) is 7.58. The first-order chi connectivity index (χ1) is 4.66. The highest BCUT2D eigenvalue weighted by Gasteiger charge is 2.34. The molecule has 1 rings (SSSR count). The van der Waals surface area contributed by atoms with E-state index in [0.717, 1.165) is 0 Å². The number of likely N-dealkylation sites (tertiary alicyclic amines) is 1. The molecule has 2 unspecified atom stereocenters. The highest BCUT2D eigenvalue weighted by molar-refractivity contribution is 5.77. The van der Waals surface area contributed by atoms with Crippen molar-refractivity contribution in [1.82, 2.24) is 4.90 Å². The van der Waals surface area contributed by atoms with E-state index in [-0.39, 0.29) is 0 Å². The van der Waals surface area contributed by atoms with Crippen molar-refractivity contribution in [3.05, 3.63) is 0 Å². The molecule has 2 nitrogen and oxygen atoms in total. The zero-order valence-corrected chi connectivity index (χ0v) is 6.92. The molecule has 1 aliphatic rings. The summed E-state index contributed by atoms with van der Waals surface area (Å²) in [5.74, 6) is 0.297. The van der Waals surface area contributed by atoms with Gasteiger partial charge in [-0.2, -0.15) is 0 Å².